The van der Waals surface area contributed by atoms with E-state index in [2.05, 4.69) is 4.98 Å². The van der Waals surface area contributed by atoms with E-state index < -0.39 is 33.8 Å². The molecule has 2 rings (SSSR count). The highest BCUT2D eigenvalue weighted by atomic mass is 32.3. The van der Waals surface area contributed by atoms with Gasteiger partial charge in [-0.2, -0.15) is 8.42 Å². The van der Waals surface area contributed by atoms with E-state index in [1.807, 2.05) is 0 Å². The first kappa shape index (κ1) is 14.9. The van der Waals surface area contributed by atoms with Gasteiger partial charge in [0.25, 0.3) is 0 Å². The topological polar surface area (TPSA) is 93.6 Å². The maximum Gasteiger partial charge on any atom is 0.350 e. The first-order valence-corrected chi connectivity index (χ1v) is 7.96. The van der Waals surface area contributed by atoms with Crippen molar-refractivity contribution in [2.45, 2.75) is 18.6 Å². The van der Waals surface area contributed by atoms with Crippen molar-refractivity contribution >= 4 is 38.6 Å². The predicted octanol–water partition coefficient (Wildman–Crippen LogP) is 0.724. The number of anilines is 1. The molecular formula is C10H11FN2O5S2. The van der Waals surface area contributed by atoms with Crippen molar-refractivity contribution in [2.75, 3.05) is 18.1 Å². The Morgan fingerprint density at radius 2 is 2.35 bits per heavy atom. The van der Waals surface area contributed by atoms with Gasteiger partial charge in [-0.05, 0) is 6.92 Å². The lowest BCUT2D eigenvalue weighted by Gasteiger charge is -2.11. The zero-order valence-corrected chi connectivity index (χ0v) is 12.0. The van der Waals surface area contributed by atoms with Crippen LogP contribution in [0.25, 0.3) is 0 Å². The van der Waals surface area contributed by atoms with Crippen LogP contribution in [0.2, 0.25) is 0 Å². The van der Waals surface area contributed by atoms with Gasteiger partial charge in [-0.3, -0.25) is 9.69 Å². The second-order valence-electron chi connectivity index (χ2n) is 4.03. The van der Waals surface area contributed by atoms with Gasteiger partial charge in [0.15, 0.2) is 5.13 Å². The van der Waals surface area contributed by atoms with Crippen molar-refractivity contribution in [1.82, 2.24) is 4.98 Å². The molecule has 1 aliphatic rings. The van der Waals surface area contributed by atoms with Crippen molar-refractivity contribution in [3.05, 3.63) is 11.1 Å². The molecule has 0 spiro atoms. The van der Waals surface area contributed by atoms with Gasteiger partial charge >= 0.3 is 16.2 Å². The first-order chi connectivity index (χ1) is 9.32. The minimum atomic E-state index is -4.77. The number of rotatable bonds is 4. The van der Waals surface area contributed by atoms with E-state index in [1.165, 1.54) is 6.20 Å². The highest BCUT2D eigenvalue weighted by Gasteiger charge is 2.40. The Kier molecular flexibility index (Phi) is 4.04. The van der Waals surface area contributed by atoms with Gasteiger partial charge in [-0.1, -0.05) is 11.3 Å². The van der Waals surface area contributed by atoms with Crippen molar-refractivity contribution in [1.29, 1.82) is 0 Å². The summed E-state index contributed by atoms with van der Waals surface area (Å²) in [4.78, 5) is 28.3. The lowest BCUT2D eigenvalue weighted by Crippen LogP contribution is -2.26. The smallest absolute Gasteiger partial charge is 0.350 e. The number of carbonyl (C=O) groups excluding carboxylic acids is 2. The van der Waals surface area contributed by atoms with Crippen LogP contribution >= 0.6 is 11.3 Å². The third-order valence-electron chi connectivity index (χ3n) is 2.69. The molecular weight excluding hydrogens is 311 g/mol. The van der Waals surface area contributed by atoms with Crippen LogP contribution in [-0.2, 0) is 19.8 Å². The van der Waals surface area contributed by atoms with Crippen LogP contribution < -0.4 is 4.90 Å². The molecule has 1 amide bonds. The highest BCUT2D eigenvalue weighted by molar-refractivity contribution is 7.87. The minimum absolute atomic E-state index is 0.157. The maximum atomic E-state index is 12.9. The first-order valence-electron chi connectivity index (χ1n) is 5.69. The quantitative estimate of drug-likeness (QED) is 0.599. The summed E-state index contributed by atoms with van der Waals surface area (Å²) in [5, 5.41) is -1.23. The third kappa shape index (κ3) is 2.96. The third-order valence-corrected chi connectivity index (χ3v) is 4.80. The Balaban J connectivity index is 2.17. The van der Waals surface area contributed by atoms with Crippen LogP contribution in [0.5, 0.6) is 0 Å². The molecule has 2 heterocycles. The molecule has 1 aromatic heterocycles. The molecule has 0 saturated carbocycles. The Labute approximate surface area is 118 Å². The van der Waals surface area contributed by atoms with Crippen LogP contribution in [0.3, 0.4) is 0 Å². The Bertz CT molecular complexity index is 642. The molecule has 1 unspecified atom stereocenters. The minimum Gasteiger partial charge on any atom is -0.462 e. The fourth-order valence-electron chi connectivity index (χ4n) is 1.73. The number of esters is 1. The summed E-state index contributed by atoms with van der Waals surface area (Å²) in [6.07, 6.45) is 0.815. The number of carbonyl (C=O) groups is 2. The number of nitrogens with zero attached hydrogens (tertiary/aromatic N) is 2. The molecule has 1 aliphatic heterocycles. The summed E-state index contributed by atoms with van der Waals surface area (Å²) in [7, 11) is -4.77. The van der Waals surface area contributed by atoms with Crippen molar-refractivity contribution in [3.8, 4) is 0 Å². The molecule has 1 fully saturated rings. The molecule has 0 aromatic carbocycles. The fourth-order valence-corrected chi connectivity index (χ4v) is 3.24. The van der Waals surface area contributed by atoms with Crippen LogP contribution in [0, 0.1) is 0 Å². The molecule has 0 bridgehead atoms. The molecule has 1 aromatic rings. The van der Waals surface area contributed by atoms with E-state index >= 15 is 0 Å². The second kappa shape index (κ2) is 5.44. The number of hydrogen-bond donors (Lipinski definition) is 0. The van der Waals surface area contributed by atoms with Gasteiger partial charge in [0, 0.05) is 13.0 Å². The summed E-state index contributed by atoms with van der Waals surface area (Å²) in [5.41, 5.74) is 0. The molecule has 10 heteroatoms. The number of amides is 1. The standard InChI is InChI=1S/C10H11FN2O5S2/c1-2-18-9(15)7-4-12-10(19-7)13-5-6(3-8(13)14)20(11,16)17/h4,6H,2-3,5H2,1H3. The SMILES string of the molecule is CCOC(=O)c1cnc(N2CC(S(=O)(=O)F)CC2=O)s1. The summed E-state index contributed by atoms with van der Waals surface area (Å²) in [6.45, 7) is 1.56. The summed E-state index contributed by atoms with van der Waals surface area (Å²) in [6, 6.07) is 0. The zero-order chi connectivity index (χ0) is 14.9. The van der Waals surface area contributed by atoms with E-state index in [4.69, 9.17) is 4.74 Å². The van der Waals surface area contributed by atoms with Gasteiger partial charge in [0.1, 0.15) is 10.1 Å². The largest absolute Gasteiger partial charge is 0.462 e. The lowest BCUT2D eigenvalue weighted by atomic mass is 10.4. The monoisotopic (exact) mass is 322 g/mol. The van der Waals surface area contributed by atoms with Crippen molar-refractivity contribution < 1.29 is 26.6 Å². The molecule has 0 radical (unpaired) electrons. The second-order valence-corrected chi connectivity index (χ2v) is 6.66. The average Bonchev–Trinajstić information content (AvgIpc) is 2.94. The van der Waals surface area contributed by atoms with E-state index in [9.17, 15) is 21.9 Å². The molecule has 20 heavy (non-hydrogen) atoms. The number of hydrogen-bond acceptors (Lipinski definition) is 7. The average molecular weight is 322 g/mol. The normalized spacial score (nSPS) is 19.4. The van der Waals surface area contributed by atoms with Crippen LogP contribution in [-0.4, -0.2) is 43.7 Å². The van der Waals surface area contributed by atoms with Gasteiger partial charge in [0.2, 0.25) is 5.91 Å². The summed E-state index contributed by atoms with van der Waals surface area (Å²) >= 11 is 0.897. The van der Waals surface area contributed by atoms with Gasteiger partial charge in [-0.15, -0.1) is 3.89 Å². The fraction of sp³-hybridized carbons (Fsp3) is 0.500. The maximum absolute atomic E-state index is 12.9. The Hall–Kier alpha value is -1.55. The van der Waals surface area contributed by atoms with Crippen LogP contribution in [0.1, 0.15) is 23.0 Å². The van der Waals surface area contributed by atoms with Crippen molar-refractivity contribution in [2.24, 2.45) is 0 Å². The molecule has 7 nitrogen and oxygen atoms in total. The molecule has 0 aliphatic carbocycles. The van der Waals surface area contributed by atoms with Gasteiger partial charge < -0.3 is 4.74 Å². The molecule has 1 atom stereocenters. The number of ether oxygens (including phenoxy) is 1. The van der Waals surface area contributed by atoms with Crippen LogP contribution in [0.4, 0.5) is 9.02 Å². The predicted molar refractivity (Wildman–Crippen MR) is 68.9 cm³/mol. The van der Waals surface area contributed by atoms with Gasteiger partial charge in [-0.25, -0.2) is 9.78 Å². The van der Waals surface area contributed by atoms with E-state index in [-0.39, 0.29) is 23.2 Å². The highest BCUT2D eigenvalue weighted by Crippen LogP contribution is 2.29. The van der Waals surface area contributed by atoms with Crippen molar-refractivity contribution in [3.63, 3.8) is 0 Å². The van der Waals surface area contributed by atoms with Gasteiger partial charge in [0.05, 0.1) is 12.8 Å². The summed E-state index contributed by atoms with van der Waals surface area (Å²) < 4.78 is 39.3. The Morgan fingerprint density at radius 3 is 2.90 bits per heavy atom. The van der Waals surface area contributed by atoms with E-state index in [0.717, 1.165) is 16.2 Å². The van der Waals surface area contributed by atoms with E-state index in [0.29, 0.717) is 0 Å². The Morgan fingerprint density at radius 1 is 1.65 bits per heavy atom. The molecule has 0 N–H and O–H groups in total. The zero-order valence-electron chi connectivity index (χ0n) is 10.4. The number of thiazole rings is 1. The number of halogens is 1. The summed E-state index contributed by atoms with van der Waals surface area (Å²) in [5.74, 6) is -1.11. The molecule has 110 valence electrons. The van der Waals surface area contributed by atoms with E-state index in [1.54, 1.807) is 6.92 Å². The number of aromatic nitrogens is 1. The van der Waals surface area contributed by atoms with Crippen LogP contribution in [0.15, 0.2) is 6.20 Å². The lowest BCUT2D eigenvalue weighted by molar-refractivity contribution is -0.117. The molecule has 1 saturated heterocycles.